The van der Waals surface area contributed by atoms with Gasteiger partial charge in [-0.2, -0.15) is 5.26 Å². The number of carbonyl (C=O) groups is 1. The van der Waals surface area contributed by atoms with Gasteiger partial charge in [0.1, 0.15) is 0 Å². The minimum Gasteiger partial charge on any atom is -0.374 e. The molecule has 1 aliphatic rings. The van der Waals surface area contributed by atoms with Gasteiger partial charge in [0.2, 0.25) is 0 Å². The van der Waals surface area contributed by atoms with Crippen LogP contribution >= 0.6 is 0 Å². The highest BCUT2D eigenvalue weighted by Crippen LogP contribution is 2.14. The molecule has 0 N–H and O–H groups in total. The monoisotopic (exact) mass is 377 g/mol. The van der Waals surface area contributed by atoms with E-state index in [4.69, 9.17) is 10.00 Å². The lowest BCUT2D eigenvalue weighted by atomic mass is 10.1. The Morgan fingerprint density at radius 2 is 1.61 bits per heavy atom. The van der Waals surface area contributed by atoms with Crippen molar-refractivity contribution in [2.24, 2.45) is 0 Å². The van der Waals surface area contributed by atoms with Gasteiger partial charge in [0.25, 0.3) is 5.91 Å². The molecular formula is C23H27N3O2. The molecule has 1 aliphatic heterocycles. The molecule has 1 fully saturated rings. The van der Waals surface area contributed by atoms with E-state index in [-0.39, 0.29) is 12.0 Å². The van der Waals surface area contributed by atoms with Crippen LogP contribution < -0.4 is 0 Å². The Morgan fingerprint density at radius 1 is 1.00 bits per heavy atom. The molecular weight excluding hydrogens is 350 g/mol. The fraction of sp³-hybridized carbons (Fsp3) is 0.391. The summed E-state index contributed by atoms with van der Waals surface area (Å²) in [4.78, 5) is 17.0. The van der Waals surface area contributed by atoms with Crippen LogP contribution in [0.25, 0.3) is 0 Å². The van der Waals surface area contributed by atoms with Crippen LogP contribution in [0.5, 0.6) is 0 Å². The standard InChI is InChI=1S/C23H27N3O2/c1-18(2)28-17-21-7-9-22(10-8-21)23(27)26-13-11-25(12-14-26)16-20-5-3-19(15-24)4-6-20/h3-10,18H,11-14,16-17H2,1-2H3. The maximum atomic E-state index is 12.8. The van der Waals surface area contributed by atoms with Gasteiger partial charge in [0, 0.05) is 38.3 Å². The van der Waals surface area contributed by atoms with Gasteiger partial charge in [-0.25, -0.2) is 0 Å². The van der Waals surface area contributed by atoms with Gasteiger partial charge in [-0.1, -0.05) is 24.3 Å². The van der Waals surface area contributed by atoms with E-state index in [1.807, 2.05) is 67.3 Å². The fourth-order valence-electron chi connectivity index (χ4n) is 3.24. The topological polar surface area (TPSA) is 56.6 Å². The minimum absolute atomic E-state index is 0.0920. The van der Waals surface area contributed by atoms with Crippen LogP contribution in [0.1, 0.15) is 40.9 Å². The number of hydrogen-bond acceptors (Lipinski definition) is 4. The van der Waals surface area contributed by atoms with E-state index < -0.39 is 0 Å². The maximum Gasteiger partial charge on any atom is 0.253 e. The molecule has 146 valence electrons. The molecule has 1 saturated heterocycles. The number of hydrogen-bond donors (Lipinski definition) is 0. The number of amides is 1. The van der Waals surface area contributed by atoms with Crippen LogP contribution in [0.3, 0.4) is 0 Å². The molecule has 0 radical (unpaired) electrons. The third-order valence-electron chi connectivity index (χ3n) is 4.93. The van der Waals surface area contributed by atoms with E-state index in [1.54, 1.807) is 0 Å². The first-order valence-corrected chi connectivity index (χ1v) is 9.76. The van der Waals surface area contributed by atoms with E-state index in [0.29, 0.717) is 12.2 Å². The van der Waals surface area contributed by atoms with Gasteiger partial charge in [-0.05, 0) is 49.2 Å². The van der Waals surface area contributed by atoms with Crippen LogP contribution in [-0.2, 0) is 17.9 Å². The average molecular weight is 377 g/mol. The highest BCUT2D eigenvalue weighted by Gasteiger charge is 2.22. The molecule has 5 nitrogen and oxygen atoms in total. The van der Waals surface area contributed by atoms with Crippen LogP contribution in [0.2, 0.25) is 0 Å². The van der Waals surface area contributed by atoms with Crippen molar-refractivity contribution in [3.63, 3.8) is 0 Å². The largest absolute Gasteiger partial charge is 0.374 e. The molecule has 1 heterocycles. The minimum atomic E-state index is 0.0920. The van der Waals surface area contributed by atoms with Gasteiger partial charge in [-0.15, -0.1) is 0 Å². The van der Waals surface area contributed by atoms with E-state index >= 15 is 0 Å². The number of rotatable bonds is 6. The van der Waals surface area contributed by atoms with Crippen molar-refractivity contribution in [3.8, 4) is 6.07 Å². The summed E-state index contributed by atoms with van der Waals surface area (Å²) in [6.45, 7) is 8.61. The normalized spacial score (nSPS) is 14.9. The summed E-state index contributed by atoms with van der Waals surface area (Å²) in [6, 6.07) is 17.6. The zero-order chi connectivity index (χ0) is 19.9. The molecule has 0 atom stereocenters. The molecule has 0 bridgehead atoms. The first kappa shape index (κ1) is 20.1. The predicted molar refractivity (Wildman–Crippen MR) is 109 cm³/mol. The molecule has 0 saturated carbocycles. The lowest BCUT2D eigenvalue weighted by molar-refractivity contribution is 0.0624. The number of piperazine rings is 1. The van der Waals surface area contributed by atoms with Crippen LogP contribution in [0.4, 0.5) is 0 Å². The third-order valence-corrected chi connectivity index (χ3v) is 4.93. The molecule has 2 aromatic rings. The summed E-state index contributed by atoms with van der Waals surface area (Å²) < 4.78 is 5.60. The van der Waals surface area contributed by atoms with E-state index in [1.165, 1.54) is 5.56 Å². The number of ether oxygens (including phenoxy) is 1. The molecule has 28 heavy (non-hydrogen) atoms. The van der Waals surface area contributed by atoms with Crippen molar-refractivity contribution < 1.29 is 9.53 Å². The van der Waals surface area contributed by atoms with Gasteiger partial charge in [0.15, 0.2) is 0 Å². The molecule has 0 unspecified atom stereocenters. The quantitative estimate of drug-likeness (QED) is 0.774. The maximum absolute atomic E-state index is 12.8. The summed E-state index contributed by atoms with van der Waals surface area (Å²) in [5, 5.41) is 8.88. The van der Waals surface area contributed by atoms with Crippen LogP contribution in [0, 0.1) is 11.3 Å². The Hall–Kier alpha value is -2.68. The Balaban J connectivity index is 1.49. The summed E-state index contributed by atoms with van der Waals surface area (Å²) in [5.41, 5.74) is 3.69. The molecule has 0 spiro atoms. The first-order valence-electron chi connectivity index (χ1n) is 9.76. The second kappa shape index (κ2) is 9.50. The van der Waals surface area contributed by atoms with E-state index in [2.05, 4.69) is 11.0 Å². The molecule has 0 aromatic heterocycles. The zero-order valence-electron chi connectivity index (χ0n) is 16.6. The average Bonchev–Trinajstić information content (AvgIpc) is 2.73. The van der Waals surface area contributed by atoms with Gasteiger partial charge in [-0.3, -0.25) is 9.69 Å². The van der Waals surface area contributed by atoms with E-state index in [9.17, 15) is 4.79 Å². The smallest absolute Gasteiger partial charge is 0.253 e. The van der Waals surface area contributed by atoms with Gasteiger partial charge >= 0.3 is 0 Å². The Labute approximate surface area is 167 Å². The molecule has 3 rings (SSSR count). The molecule has 1 amide bonds. The van der Waals surface area contributed by atoms with Crippen molar-refractivity contribution in [2.75, 3.05) is 26.2 Å². The summed E-state index contributed by atoms with van der Waals surface area (Å²) >= 11 is 0. The fourth-order valence-corrected chi connectivity index (χ4v) is 3.24. The number of carbonyl (C=O) groups excluding carboxylic acids is 1. The van der Waals surface area contributed by atoms with Gasteiger partial charge in [0.05, 0.1) is 24.3 Å². The molecule has 2 aromatic carbocycles. The van der Waals surface area contributed by atoms with Crippen LogP contribution in [-0.4, -0.2) is 48.0 Å². The zero-order valence-corrected chi connectivity index (χ0v) is 16.6. The summed E-state index contributed by atoms with van der Waals surface area (Å²) in [5.74, 6) is 0.0920. The lowest BCUT2D eigenvalue weighted by Crippen LogP contribution is -2.48. The second-order valence-electron chi connectivity index (χ2n) is 7.43. The van der Waals surface area contributed by atoms with Gasteiger partial charge < -0.3 is 9.64 Å². The number of nitriles is 1. The highest BCUT2D eigenvalue weighted by molar-refractivity contribution is 5.94. The highest BCUT2D eigenvalue weighted by atomic mass is 16.5. The van der Waals surface area contributed by atoms with E-state index in [0.717, 1.165) is 43.9 Å². The number of benzene rings is 2. The molecule has 5 heteroatoms. The Kier molecular flexibility index (Phi) is 6.80. The third kappa shape index (κ3) is 5.41. The summed E-state index contributed by atoms with van der Waals surface area (Å²) in [7, 11) is 0. The van der Waals surface area contributed by atoms with Crippen molar-refractivity contribution in [1.82, 2.24) is 9.80 Å². The Morgan fingerprint density at radius 3 is 2.18 bits per heavy atom. The van der Waals surface area contributed by atoms with Crippen LogP contribution in [0.15, 0.2) is 48.5 Å². The molecule has 0 aliphatic carbocycles. The lowest BCUT2D eigenvalue weighted by Gasteiger charge is -2.34. The second-order valence-corrected chi connectivity index (χ2v) is 7.43. The van der Waals surface area contributed by atoms with Crippen molar-refractivity contribution >= 4 is 5.91 Å². The first-order chi connectivity index (χ1) is 13.5. The SMILES string of the molecule is CC(C)OCc1ccc(C(=O)N2CCN(Cc3ccc(C#N)cc3)CC2)cc1. The van der Waals surface area contributed by atoms with Crippen molar-refractivity contribution in [3.05, 3.63) is 70.8 Å². The summed E-state index contributed by atoms with van der Waals surface area (Å²) in [6.07, 6.45) is 0.196. The number of nitrogens with zero attached hydrogens (tertiary/aromatic N) is 3. The van der Waals surface area contributed by atoms with Crippen molar-refractivity contribution in [2.45, 2.75) is 33.1 Å². The Bertz CT molecular complexity index is 814. The predicted octanol–water partition coefficient (Wildman–Crippen LogP) is 3.44. The van der Waals surface area contributed by atoms with Crippen molar-refractivity contribution in [1.29, 1.82) is 5.26 Å².